The van der Waals surface area contributed by atoms with Gasteiger partial charge >= 0.3 is 0 Å². The highest BCUT2D eigenvalue weighted by Gasteiger charge is 2.05. The lowest BCUT2D eigenvalue weighted by molar-refractivity contribution is 0.112. The van der Waals surface area contributed by atoms with Crippen molar-refractivity contribution in [2.24, 2.45) is 0 Å². The van der Waals surface area contributed by atoms with Crippen LogP contribution < -0.4 is 4.74 Å². The van der Waals surface area contributed by atoms with Gasteiger partial charge in [-0.2, -0.15) is 0 Å². The van der Waals surface area contributed by atoms with E-state index in [0.29, 0.717) is 5.56 Å². The Hall–Kier alpha value is -2.61. The minimum Gasteiger partial charge on any atom is -0.497 e. The fourth-order valence-electron chi connectivity index (χ4n) is 2.60. The predicted molar refractivity (Wildman–Crippen MR) is 86.1 cm³/mol. The first-order chi connectivity index (χ1) is 10.2. The Balaban J connectivity index is 2.10. The number of carbonyl (C=O) groups is 1. The van der Waals surface area contributed by atoms with Crippen LogP contribution in [0.5, 0.6) is 5.75 Å². The van der Waals surface area contributed by atoms with Crippen molar-refractivity contribution in [1.82, 2.24) is 0 Å². The van der Waals surface area contributed by atoms with Crippen LogP contribution in [0.15, 0.2) is 54.6 Å². The number of fused-ring (bicyclic) bond motifs is 1. The topological polar surface area (TPSA) is 26.3 Å². The van der Waals surface area contributed by atoms with Crippen LogP contribution in [0, 0.1) is 6.92 Å². The van der Waals surface area contributed by atoms with Gasteiger partial charge in [-0.05, 0) is 58.7 Å². The summed E-state index contributed by atoms with van der Waals surface area (Å²) in [6, 6.07) is 18.2. The molecule has 0 aliphatic heterocycles. The molecule has 2 heteroatoms. The fourth-order valence-corrected chi connectivity index (χ4v) is 2.60. The van der Waals surface area contributed by atoms with Crippen LogP contribution in [-0.2, 0) is 0 Å². The third kappa shape index (κ3) is 2.52. The second-order valence-corrected chi connectivity index (χ2v) is 5.12. The number of rotatable bonds is 3. The first kappa shape index (κ1) is 13.4. The molecule has 0 unspecified atom stereocenters. The summed E-state index contributed by atoms with van der Waals surface area (Å²) in [5, 5.41) is 2.33. The quantitative estimate of drug-likeness (QED) is 0.652. The van der Waals surface area contributed by atoms with Crippen LogP contribution in [0.4, 0.5) is 0 Å². The molecule has 0 aliphatic rings. The van der Waals surface area contributed by atoms with Gasteiger partial charge in [0, 0.05) is 5.56 Å². The zero-order valence-corrected chi connectivity index (χ0v) is 12.1. The number of hydrogen-bond acceptors (Lipinski definition) is 2. The third-order valence-electron chi connectivity index (χ3n) is 3.74. The number of carbonyl (C=O) groups excluding carboxylic acids is 1. The van der Waals surface area contributed by atoms with Gasteiger partial charge in [-0.3, -0.25) is 4.79 Å². The molecule has 0 saturated carbocycles. The van der Waals surface area contributed by atoms with E-state index >= 15 is 0 Å². The average molecular weight is 276 g/mol. The van der Waals surface area contributed by atoms with Gasteiger partial charge in [-0.15, -0.1) is 0 Å². The van der Waals surface area contributed by atoms with Crippen LogP contribution in [0.2, 0.25) is 0 Å². The molecule has 21 heavy (non-hydrogen) atoms. The fraction of sp³-hybridized carbons (Fsp3) is 0.105. The summed E-state index contributed by atoms with van der Waals surface area (Å²) in [5.41, 5.74) is 4.12. The highest BCUT2D eigenvalue weighted by Crippen LogP contribution is 2.29. The van der Waals surface area contributed by atoms with Crippen LogP contribution in [-0.4, -0.2) is 13.4 Å². The van der Waals surface area contributed by atoms with E-state index < -0.39 is 0 Å². The molecule has 0 N–H and O–H groups in total. The van der Waals surface area contributed by atoms with Gasteiger partial charge in [0.15, 0.2) is 0 Å². The van der Waals surface area contributed by atoms with Crippen molar-refractivity contribution in [3.8, 4) is 16.9 Å². The molecule has 0 fully saturated rings. The van der Waals surface area contributed by atoms with Gasteiger partial charge < -0.3 is 4.74 Å². The van der Waals surface area contributed by atoms with E-state index in [1.165, 1.54) is 5.39 Å². The van der Waals surface area contributed by atoms with Crippen molar-refractivity contribution < 1.29 is 9.53 Å². The third-order valence-corrected chi connectivity index (χ3v) is 3.74. The van der Waals surface area contributed by atoms with Crippen molar-refractivity contribution in [2.45, 2.75) is 6.92 Å². The number of aldehydes is 1. The standard InChI is InChI=1S/C19H16O2/c1-13-9-14(12-20)3-8-19(13)17-5-4-16-11-18(21-2)7-6-15(16)10-17/h3-12H,1-2H3. The SMILES string of the molecule is COc1ccc2cc(-c3ccc(C=O)cc3C)ccc2c1. The lowest BCUT2D eigenvalue weighted by Crippen LogP contribution is -1.88. The van der Waals surface area contributed by atoms with Crippen molar-refractivity contribution in [3.05, 3.63) is 65.7 Å². The summed E-state index contributed by atoms with van der Waals surface area (Å²) < 4.78 is 5.25. The van der Waals surface area contributed by atoms with E-state index in [1.54, 1.807) is 7.11 Å². The van der Waals surface area contributed by atoms with Crippen molar-refractivity contribution >= 4 is 17.1 Å². The molecule has 3 aromatic rings. The summed E-state index contributed by atoms with van der Waals surface area (Å²) in [5.74, 6) is 0.863. The summed E-state index contributed by atoms with van der Waals surface area (Å²) in [6.45, 7) is 2.03. The molecule has 0 saturated heterocycles. The largest absolute Gasteiger partial charge is 0.497 e. The molecule has 0 spiro atoms. The molecule has 0 bridgehead atoms. The number of hydrogen-bond donors (Lipinski definition) is 0. The van der Waals surface area contributed by atoms with Gasteiger partial charge in [0.05, 0.1) is 7.11 Å². The minimum atomic E-state index is 0.710. The zero-order chi connectivity index (χ0) is 14.8. The highest BCUT2D eigenvalue weighted by atomic mass is 16.5. The minimum absolute atomic E-state index is 0.710. The number of ether oxygens (including phenoxy) is 1. The lowest BCUT2D eigenvalue weighted by atomic mass is 9.96. The van der Waals surface area contributed by atoms with Gasteiger partial charge in [-0.1, -0.05) is 30.3 Å². The molecule has 3 aromatic carbocycles. The van der Waals surface area contributed by atoms with Crippen molar-refractivity contribution in [3.63, 3.8) is 0 Å². The first-order valence-corrected chi connectivity index (χ1v) is 6.85. The normalized spacial score (nSPS) is 10.6. The molecule has 0 radical (unpaired) electrons. The second kappa shape index (κ2) is 5.41. The summed E-state index contributed by atoms with van der Waals surface area (Å²) in [6.07, 6.45) is 0.878. The Morgan fingerprint density at radius 1 is 0.905 bits per heavy atom. The summed E-state index contributed by atoms with van der Waals surface area (Å²) in [4.78, 5) is 10.8. The van der Waals surface area contributed by atoms with Gasteiger partial charge in [-0.25, -0.2) is 0 Å². The maximum Gasteiger partial charge on any atom is 0.150 e. The first-order valence-electron chi connectivity index (χ1n) is 6.85. The summed E-state index contributed by atoms with van der Waals surface area (Å²) in [7, 11) is 1.67. The van der Waals surface area contributed by atoms with Gasteiger partial charge in [0.25, 0.3) is 0 Å². The maximum atomic E-state index is 10.8. The highest BCUT2D eigenvalue weighted by molar-refractivity contribution is 5.89. The van der Waals surface area contributed by atoms with Gasteiger partial charge in [0.1, 0.15) is 12.0 Å². The number of aryl methyl sites for hydroxylation is 1. The molecule has 104 valence electrons. The number of benzene rings is 3. The molecule has 0 heterocycles. The van der Waals surface area contributed by atoms with E-state index in [1.807, 2.05) is 37.3 Å². The Bertz CT molecular complexity index is 819. The monoisotopic (exact) mass is 276 g/mol. The van der Waals surface area contributed by atoms with Crippen molar-refractivity contribution in [1.29, 1.82) is 0 Å². The van der Waals surface area contributed by atoms with Gasteiger partial charge in [0.2, 0.25) is 0 Å². The molecule has 0 aliphatic carbocycles. The zero-order valence-electron chi connectivity index (χ0n) is 12.1. The van der Waals surface area contributed by atoms with E-state index in [0.717, 1.165) is 34.1 Å². The summed E-state index contributed by atoms with van der Waals surface area (Å²) >= 11 is 0. The Labute approximate surface area is 124 Å². The van der Waals surface area contributed by atoms with Crippen LogP contribution in [0.1, 0.15) is 15.9 Å². The van der Waals surface area contributed by atoms with E-state index in [2.05, 4.69) is 24.3 Å². The maximum absolute atomic E-state index is 10.8. The molecule has 3 rings (SSSR count). The number of methoxy groups -OCH3 is 1. The van der Waals surface area contributed by atoms with E-state index in [9.17, 15) is 4.79 Å². The lowest BCUT2D eigenvalue weighted by Gasteiger charge is -2.09. The Morgan fingerprint density at radius 3 is 2.38 bits per heavy atom. The molecular weight excluding hydrogens is 260 g/mol. The van der Waals surface area contributed by atoms with Crippen molar-refractivity contribution in [2.75, 3.05) is 7.11 Å². The second-order valence-electron chi connectivity index (χ2n) is 5.12. The molecule has 0 aromatic heterocycles. The molecular formula is C19H16O2. The predicted octanol–water partition coefficient (Wildman–Crippen LogP) is 4.64. The van der Waals surface area contributed by atoms with Crippen LogP contribution >= 0.6 is 0 Å². The molecule has 0 atom stereocenters. The van der Waals surface area contributed by atoms with Crippen LogP contribution in [0.25, 0.3) is 21.9 Å². The average Bonchev–Trinajstić information content (AvgIpc) is 2.53. The van der Waals surface area contributed by atoms with E-state index in [4.69, 9.17) is 4.74 Å². The van der Waals surface area contributed by atoms with Crippen LogP contribution in [0.3, 0.4) is 0 Å². The Morgan fingerprint density at radius 2 is 1.67 bits per heavy atom. The molecule has 0 amide bonds. The Kier molecular flexibility index (Phi) is 3.44. The smallest absolute Gasteiger partial charge is 0.150 e. The molecule has 2 nitrogen and oxygen atoms in total. The van der Waals surface area contributed by atoms with E-state index in [-0.39, 0.29) is 0 Å².